The molecule has 0 aliphatic carbocycles. The van der Waals surface area contributed by atoms with Crippen molar-refractivity contribution in [3.8, 4) is 22.5 Å². The van der Waals surface area contributed by atoms with Gasteiger partial charge in [-0.2, -0.15) is 0 Å². The highest BCUT2D eigenvalue weighted by atomic mass is 32.1. The van der Waals surface area contributed by atoms with Crippen molar-refractivity contribution in [2.75, 3.05) is 0 Å². The Bertz CT molecular complexity index is 3220. The molecule has 11 rings (SSSR count). The highest BCUT2D eigenvalue weighted by molar-refractivity contribution is 7.26. The van der Waals surface area contributed by atoms with Gasteiger partial charge in [-0.05, 0) is 81.2 Å². The van der Waals surface area contributed by atoms with Crippen LogP contribution in [-0.4, -0.2) is 15.0 Å². The van der Waals surface area contributed by atoms with Crippen molar-refractivity contribution in [1.82, 2.24) is 15.0 Å². The number of aromatic nitrogens is 3. The number of rotatable bonds is 2. The van der Waals surface area contributed by atoms with Crippen LogP contribution in [-0.2, 0) is 0 Å². The summed E-state index contributed by atoms with van der Waals surface area (Å²) in [4.78, 5) is 15.3. The Morgan fingerprint density at radius 2 is 1.12 bits per heavy atom. The number of benzene rings is 7. The van der Waals surface area contributed by atoms with Gasteiger partial charge in [-0.1, -0.05) is 103 Å². The summed E-state index contributed by atoms with van der Waals surface area (Å²) >= 11 is 1.81. The van der Waals surface area contributed by atoms with Gasteiger partial charge in [0.25, 0.3) is 0 Å². The highest BCUT2D eigenvalue weighted by Crippen LogP contribution is 2.40. The third kappa shape index (κ3) is 4.20. The Kier molecular flexibility index (Phi) is 5.80. The van der Waals surface area contributed by atoms with Crippen LogP contribution in [0, 0.1) is 0 Å². The van der Waals surface area contributed by atoms with Gasteiger partial charge >= 0.3 is 0 Å². The third-order valence-corrected chi connectivity index (χ3v) is 11.0. The fourth-order valence-electron chi connectivity index (χ4n) is 7.47. The summed E-state index contributed by atoms with van der Waals surface area (Å²) in [6.45, 7) is 0. The van der Waals surface area contributed by atoms with E-state index in [1.54, 1.807) is 0 Å². The molecule has 50 heavy (non-hydrogen) atoms. The van der Waals surface area contributed by atoms with Crippen LogP contribution in [0.5, 0.6) is 0 Å². The molecule has 232 valence electrons. The minimum Gasteiger partial charge on any atom is -0.456 e. The van der Waals surface area contributed by atoms with Gasteiger partial charge in [0.05, 0.1) is 0 Å². The summed E-state index contributed by atoms with van der Waals surface area (Å²) in [5.41, 5.74) is 6.37. The molecule has 0 fully saturated rings. The summed E-state index contributed by atoms with van der Waals surface area (Å²) in [6.07, 6.45) is 0. The molecule has 0 radical (unpaired) electrons. The molecular formula is C45H25N3OS. The Hall–Kier alpha value is -6.43. The van der Waals surface area contributed by atoms with Crippen molar-refractivity contribution in [2.45, 2.75) is 0 Å². The van der Waals surface area contributed by atoms with E-state index in [-0.39, 0.29) is 0 Å². The van der Waals surface area contributed by atoms with Crippen LogP contribution in [0.1, 0.15) is 0 Å². The van der Waals surface area contributed by atoms with Crippen molar-refractivity contribution in [3.05, 3.63) is 152 Å². The Labute approximate surface area is 289 Å². The second-order valence-corrected chi connectivity index (χ2v) is 13.9. The number of hydrogen-bond acceptors (Lipinski definition) is 5. The van der Waals surface area contributed by atoms with E-state index in [4.69, 9.17) is 19.4 Å². The lowest BCUT2D eigenvalue weighted by atomic mass is 9.97. The van der Waals surface area contributed by atoms with Crippen LogP contribution in [0.3, 0.4) is 0 Å². The van der Waals surface area contributed by atoms with Crippen LogP contribution < -0.4 is 0 Å². The zero-order valence-corrected chi connectivity index (χ0v) is 27.4. The van der Waals surface area contributed by atoms with E-state index in [9.17, 15) is 0 Å². The lowest BCUT2D eigenvalue weighted by Crippen LogP contribution is -1.94. The van der Waals surface area contributed by atoms with Crippen LogP contribution in [0.2, 0.25) is 0 Å². The summed E-state index contributed by atoms with van der Waals surface area (Å²) in [6, 6.07) is 53.7. The van der Waals surface area contributed by atoms with E-state index < -0.39 is 0 Å². The molecule has 4 aromatic heterocycles. The largest absolute Gasteiger partial charge is 0.456 e. The number of thiophene rings is 1. The predicted octanol–water partition coefficient (Wildman–Crippen LogP) is 12.6. The zero-order chi connectivity index (χ0) is 32.8. The van der Waals surface area contributed by atoms with Crippen LogP contribution in [0.15, 0.2) is 156 Å². The number of para-hydroxylation sites is 1. The molecular weight excluding hydrogens is 631 g/mol. The first kappa shape index (κ1) is 27.5. The first-order valence-corrected chi connectivity index (χ1v) is 17.5. The van der Waals surface area contributed by atoms with E-state index in [1.165, 1.54) is 30.9 Å². The van der Waals surface area contributed by atoms with Gasteiger partial charge in [-0.25, -0.2) is 15.0 Å². The standard InChI is InChI=1S/C45H25N3OS/c1-2-8-26(9-3-1)43-46-44-31-11-6-10-29(22-31)35-23-27(28-17-20-39-36(24-28)33-12-4-5-14-38(33)49-39)16-19-32(35)30-18-21-40-37(25-30)42-34(45(47-43)48-44)13-7-15-41(42)50-40/h1-25H. The molecule has 0 spiro atoms. The Balaban J connectivity index is 1.29. The fraction of sp³-hybridized carbons (Fsp3) is 0. The molecule has 4 heterocycles. The van der Waals surface area contributed by atoms with Crippen molar-refractivity contribution >= 4 is 97.1 Å². The normalized spacial score (nSPS) is 12.0. The van der Waals surface area contributed by atoms with E-state index in [0.29, 0.717) is 17.1 Å². The maximum atomic E-state index is 6.15. The molecule has 11 aromatic rings. The number of nitrogens with zero attached hydrogens (tertiary/aromatic N) is 3. The van der Waals surface area contributed by atoms with Crippen molar-refractivity contribution in [2.24, 2.45) is 0 Å². The first-order chi connectivity index (χ1) is 24.7. The monoisotopic (exact) mass is 655 g/mol. The average molecular weight is 656 g/mol. The summed E-state index contributed by atoms with van der Waals surface area (Å²) in [5, 5.41) is 11.2. The maximum absolute atomic E-state index is 6.15. The summed E-state index contributed by atoms with van der Waals surface area (Å²) in [5.74, 6) is 0.660. The first-order valence-electron chi connectivity index (χ1n) is 16.7. The van der Waals surface area contributed by atoms with Crippen LogP contribution in [0.25, 0.3) is 108 Å². The molecule has 0 atom stereocenters. The SMILES string of the molecule is c1ccc(-c2nc3nc(n2)c2cccc4sc5ccc(cc5c42)c2ccc(-c4ccc5oc6ccccc6c5c4)cc2c2cccc3c2)cc1. The van der Waals surface area contributed by atoms with E-state index in [1.807, 2.05) is 41.7 Å². The second-order valence-electron chi connectivity index (χ2n) is 12.8. The number of furan rings is 1. The molecule has 0 saturated carbocycles. The lowest BCUT2D eigenvalue weighted by molar-refractivity contribution is 0.669. The smallest absolute Gasteiger partial charge is 0.164 e. The second kappa shape index (κ2) is 10.5. The fourth-order valence-corrected chi connectivity index (χ4v) is 8.58. The number of fused-ring (bicyclic) bond motifs is 13. The van der Waals surface area contributed by atoms with Gasteiger partial charge in [-0.3, -0.25) is 0 Å². The van der Waals surface area contributed by atoms with Crippen molar-refractivity contribution in [3.63, 3.8) is 0 Å². The quantitative estimate of drug-likeness (QED) is 0.186. The molecule has 0 aliphatic heterocycles. The molecule has 5 heteroatoms. The molecule has 0 saturated heterocycles. The summed E-state index contributed by atoms with van der Waals surface area (Å²) < 4.78 is 8.60. The predicted molar refractivity (Wildman–Crippen MR) is 210 cm³/mol. The van der Waals surface area contributed by atoms with Gasteiger partial charge < -0.3 is 4.42 Å². The van der Waals surface area contributed by atoms with E-state index >= 15 is 0 Å². The molecule has 7 aromatic carbocycles. The Morgan fingerprint density at radius 3 is 2.06 bits per heavy atom. The minimum atomic E-state index is 0.653. The van der Waals surface area contributed by atoms with Crippen LogP contribution >= 0.6 is 11.3 Å². The zero-order valence-electron chi connectivity index (χ0n) is 26.6. The average Bonchev–Trinajstić information content (AvgIpc) is 3.75. The van der Waals surface area contributed by atoms with Gasteiger partial charge in [0.15, 0.2) is 17.1 Å². The van der Waals surface area contributed by atoms with Gasteiger partial charge in [0.1, 0.15) is 11.2 Å². The molecule has 0 N–H and O–H groups in total. The van der Waals surface area contributed by atoms with Gasteiger partial charge in [0, 0.05) is 47.3 Å². The maximum Gasteiger partial charge on any atom is 0.164 e. The lowest BCUT2D eigenvalue weighted by Gasteiger charge is -2.07. The molecule has 0 amide bonds. The minimum absolute atomic E-state index is 0.653. The van der Waals surface area contributed by atoms with Crippen LogP contribution in [0.4, 0.5) is 0 Å². The molecule has 4 nitrogen and oxygen atoms in total. The molecule has 0 unspecified atom stereocenters. The van der Waals surface area contributed by atoms with Gasteiger partial charge in [0.2, 0.25) is 0 Å². The molecule has 6 bridgehead atoms. The van der Waals surface area contributed by atoms with Crippen molar-refractivity contribution < 1.29 is 4.42 Å². The molecule has 0 aliphatic rings. The Morgan fingerprint density at radius 1 is 0.380 bits per heavy atom. The highest BCUT2D eigenvalue weighted by Gasteiger charge is 2.14. The topological polar surface area (TPSA) is 51.8 Å². The summed E-state index contributed by atoms with van der Waals surface area (Å²) in [7, 11) is 0. The van der Waals surface area contributed by atoms with Gasteiger partial charge in [-0.15, -0.1) is 11.3 Å². The third-order valence-electron chi connectivity index (χ3n) is 9.88. The number of hydrogen-bond donors (Lipinski definition) is 0. The van der Waals surface area contributed by atoms with E-state index in [2.05, 4.69) is 121 Å². The van der Waals surface area contributed by atoms with E-state index in [0.717, 1.165) is 60.2 Å². The van der Waals surface area contributed by atoms with Crippen molar-refractivity contribution in [1.29, 1.82) is 0 Å².